The second-order valence-electron chi connectivity index (χ2n) is 4.76. The van der Waals surface area contributed by atoms with Crippen molar-refractivity contribution in [1.82, 2.24) is 9.78 Å². The Bertz CT molecular complexity index is 604. The van der Waals surface area contributed by atoms with Crippen molar-refractivity contribution < 1.29 is 14.3 Å². The monoisotopic (exact) mass is 272 g/mol. The largest absolute Gasteiger partial charge is 0.465 e. The van der Waals surface area contributed by atoms with Gasteiger partial charge < -0.3 is 9.47 Å². The number of esters is 1. The molecule has 0 spiro atoms. The van der Waals surface area contributed by atoms with E-state index < -0.39 is 0 Å². The van der Waals surface area contributed by atoms with Crippen LogP contribution in [0.3, 0.4) is 0 Å². The summed E-state index contributed by atoms with van der Waals surface area (Å²) in [6, 6.07) is 7.49. The van der Waals surface area contributed by atoms with E-state index in [2.05, 4.69) is 5.10 Å². The van der Waals surface area contributed by atoms with Crippen LogP contribution >= 0.6 is 0 Å². The van der Waals surface area contributed by atoms with Gasteiger partial charge in [-0.2, -0.15) is 5.10 Å². The molecule has 5 nitrogen and oxygen atoms in total. The number of hydrogen-bond donors (Lipinski definition) is 0. The lowest BCUT2D eigenvalue weighted by molar-refractivity contribution is -0.0532. The molecule has 1 aliphatic rings. The van der Waals surface area contributed by atoms with Crippen LogP contribution < -0.4 is 0 Å². The minimum atomic E-state index is -0.323. The Balaban J connectivity index is 1.93. The lowest BCUT2D eigenvalue weighted by atomic mass is 9.95. The van der Waals surface area contributed by atoms with Crippen molar-refractivity contribution in [2.75, 3.05) is 13.7 Å². The molecule has 2 heterocycles. The number of nitrogens with zero attached hydrogens (tertiary/aromatic N) is 2. The maximum Gasteiger partial charge on any atom is 0.337 e. The summed E-state index contributed by atoms with van der Waals surface area (Å²) in [5.74, 6) is -0.323. The fourth-order valence-corrected chi connectivity index (χ4v) is 2.33. The summed E-state index contributed by atoms with van der Waals surface area (Å²) in [6.07, 6.45) is 4.73. The zero-order chi connectivity index (χ0) is 13.9. The van der Waals surface area contributed by atoms with E-state index in [9.17, 15) is 4.79 Å². The molecule has 0 saturated carbocycles. The second kappa shape index (κ2) is 5.46. The van der Waals surface area contributed by atoms with Gasteiger partial charge in [-0.25, -0.2) is 4.79 Å². The van der Waals surface area contributed by atoms with Crippen molar-refractivity contribution in [1.29, 1.82) is 0 Å². The van der Waals surface area contributed by atoms with Crippen LogP contribution in [-0.4, -0.2) is 29.5 Å². The molecule has 1 atom stereocenters. The van der Waals surface area contributed by atoms with Crippen LogP contribution in [-0.2, 0) is 16.0 Å². The molecule has 1 unspecified atom stereocenters. The Morgan fingerprint density at radius 2 is 2.40 bits per heavy atom. The summed E-state index contributed by atoms with van der Waals surface area (Å²) in [5, 5.41) is 4.21. The fourth-order valence-electron chi connectivity index (χ4n) is 2.33. The Labute approximate surface area is 117 Å². The van der Waals surface area contributed by atoms with Gasteiger partial charge in [-0.05, 0) is 29.3 Å². The topological polar surface area (TPSA) is 53.4 Å². The molecule has 0 radical (unpaired) electrons. The van der Waals surface area contributed by atoms with E-state index in [0.29, 0.717) is 12.1 Å². The first-order valence-electron chi connectivity index (χ1n) is 6.58. The Morgan fingerprint density at radius 1 is 1.55 bits per heavy atom. The molecular formula is C15H16N2O3. The number of benzene rings is 1. The molecule has 104 valence electrons. The SMILES string of the molecule is COC(=O)c1ccc(Cn2cccn2)c(C2CCO2)c1. The van der Waals surface area contributed by atoms with Gasteiger partial charge in [-0.15, -0.1) is 0 Å². The van der Waals surface area contributed by atoms with Crippen molar-refractivity contribution in [3.8, 4) is 0 Å². The molecule has 0 amide bonds. The average molecular weight is 272 g/mol. The number of ether oxygens (including phenoxy) is 2. The third kappa shape index (κ3) is 2.44. The van der Waals surface area contributed by atoms with Gasteiger partial charge in [0.25, 0.3) is 0 Å². The fraction of sp³-hybridized carbons (Fsp3) is 0.333. The van der Waals surface area contributed by atoms with E-state index in [1.807, 2.05) is 29.1 Å². The lowest BCUT2D eigenvalue weighted by Crippen LogP contribution is -2.21. The van der Waals surface area contributed by atoms with Gasteiger partial charge in [0, 0.05) is 18.8 Å². The van der Waals surface area contributed by atoms with Crippen LogP contribution in [0.2, 0.25) is 0 Å². The molecule has 0 bridgehead atoms. The standard InChI is InChI=1S/C15H16N2O3/c1-19-15(18)11-3-4-12(10-17-7-2-6-16-17)13(9-11)14-5-8-20-14/h2-4,6-7,9,14H,5,8,10H2,1H3. The number of methoxy groups -OCH3 is 1. The van der Waals surface area contributed by atoms with Crippen molar-refractivity contribution in [2.24, 2.45) is 0 Å². The molecular weight excluding hydrogens is 256 g/mol. The van der Waals surface area contributed by atoms with Gasteiger partial charge in [-0.1, -0.05) is 6.07 Å². The highest BCUT2D eigenvalue weighted by atomic mass is 16.5. The van der Waals surface area contributed by atoms with Gasteiger partial charge in [0.05, 0.1) is 31.9 Å². The third-order valence-electron chi connectivity index (χ3n) is 3.50. The van der Waals surface area contributed by atoms with E-state index in [0.717, 1.165) is 24.2 Å². The summed E-state index contributed by atoms with van der Waals surface area (Å²) in [7, 11) is 1.39. The zero-order valence-corrected chi connectivity index (χ0v) is 11.3. The first-order valence-corrected chi connectivity index (χ1v) is 6.58. The van der Waals surface area contributed by atoms with Gasteiger partial charge in [0.1, 0.15) is 0 Å². The Morgan fingerprint density at radius 3 is 3.00 bits per heavy atom. The number of carbonyl (C=O) groups is 1. The van der Waals surface area contributed by atoms with Crippen LogP contribution in [0.15, 0.2) is 36.7 Å². The van der Waals surface area contributed by atoms with Crippen molar-refractivity contribution in [3.63, 3.8) is 0 Å². The normalized spacial score (nSPS) is 17.6. The van der Waals surface area contributed by atoms with Crippen molar-refractivity contribution in [3.05, 3.63) is 53.3 Å². The third-order valence-corrected chi connectivity index (χ3v) is 3.50. The molecule has 1 aromatic carbocycles. The average Bonchev–Trinajstić information content (AvgIpc) is 2.90. The molecule has 2 aromatic rings. The summed E-state index contributed by atoms with van der Waals surface area (Å²) < 4.78 is 12.2. The molecule has 0 N–H and O–H groups in total. The maximum absolute atomic E-state index is 11.6. The van der Waals surface area contributed by atoms with Gasteiger partial charge in [-0.3, -0.25) is 4.68 Å². The molecule has 0 aliphatic carbocycles. The zero-order valence-electron chi connectivity index (χ0n) is 11.3. The van der Waals surface area contributed by atoms with E-state index in [-0.39, 0.29) is 12.1 Å². The highest BCUT2D eigenvalue weighted by Crippen LogP contribution is 2.32. The summed E-state index contributed by atoms with van der Waals surface area (Å²) in [5.41, 5.74) is 2.72. The summed E-state index contributed by atoms with van der Waals surface area (Å²) >= 11 is 0. The summed E-state index contributed by atoms with van der Waals surface area (Å²) in [4.78, 5) is 11.6. The van der Waals surface area contributed by atoms with Crippen molar-refractivity contribution >= 4 is 5.97 Å². The van der Waals surface area contributed by atoms with Gasteiger partial charge in [0.15, 0.2) is 0 Å². The molecule has 1 fully saturated rings. The van der Waals surface area contributed by atoms with Gasteiger partial charge in [0.2, 0.25) is 0 Å². The first kappa shape index (κ1) is 12.9. The molecule has 20 heavy (non-hydrogen) atoms. The number of hydrogen-bond acceptors (Lipinski definition) is 4. The van der Waals surface area contributed by atoms with E-state index >= 15 is 0 Å². The Kier molecular flexibility index (Phi) is 3.52. The number of aromatic nitrogens is 2. The number of carbonyl (C=O) groups excluding carboxylic acids is 1. The van der Waals surface area contributed by atoms with Crippen LogP contribution in [0.4, 0.5) is 0 Å². The van der Waals surface area contributed by atoms with Crippen molar-refractivity contribution in [2.45, 2.75) is 19.1 Å². The summed E-state index contributed by atoms with van der Waals surface area (Å²) in [6.45, 7) is 1.44. The smallest absolute Gasteiger partial charge is 0.337 e. The lowest BCUT2D eigenvalue weighted by Gasteiger charge is -2.29. The maximum atomic E-state index is 11.6. The quantitative estimate of drug-likeness (QED) is 0.800. The number of rotatable bonds is 4. The van der Waals surface area contributed by atoms with Crippen LogP contribution in [0.5, 0.6) is 0 Å². The molecule has 5 heteroatoms. The molecule has 1 aliphatic heterocycles. The minimum absolute atomic E-state index is 0.0742. The predicted molar refractivity (Wildman–Crippen MR) is 72.4 cm³/mol. The first-order chi connectivity index (χ1) is 9.78. The molecule has 1 saturated heterocycles. The van der Waals surface area contributed by atoms with Crippen LogP contribution in [0.25, 0.3) is 0 Å². The van der Waals surface area contributed by atoms with E-state index in [4.69, 9.17) is 9.47 Å². The molecule has 1 aromatic heterocycles. The van der Waals surface area contributed by atoms with E-state index in [1.165, 1.54) is 7.11 Å². The minimum Gasteiger partial charge on any atom is -0.465 e. The second-order valence-corrected chi connectivity index (χ2v) is 4.76. The van der Waals surface area contributed by atoms with E-state index in [1.54, 1.807) is 12.3 Å². The van der Waals surface area contributed by atoms with Crippen LogP contribution in [0, 0.1) is 0 Å². The highest BCUT2D eigenvalue weighted by molar-refractivity contribution is 5.89. The molecule has 3 rings (SSSR count). The van der Waals surface area contributed by atoms with Gasteiger partial charge >= 0.3 is 5.97 Å². The predicted octanol–water partition coefficient (Wildman–Crippen LogP) is 2.18. The highest BCUT2D eigenvalue weighted by Gasteiger charge is 2.24. The van der Waals surface area contributed by atoms with Crippen LogP contribution in [0.1, 0.15) is 34.0 Å². The Hall–Kier alpha value is -2.14.